The molecule has 0 heterocycles. The van der Waals surface area contributed by atoms with Gasteiger partial charge in [0.25, 0.3) is 0 Å². The summed E-state index contributed by atoms with van der Waals surface area (Å²) in [7, 11) is 0. The van der Waals surface area contributed by atoms with Gasteiger partial charge in [0.2, 0.25) is 0 Å². The first-order valence-corrected chi connectivity index (χ1v) is 5.95. The maximum absolute atomic E-state index is 11.7. The van der Waals surface area contributed by atoms with Crippen molar-refractivity contribution in [2.24, 2.45) is 0 Å². The molecule has 0 N–H and O–H groups in total. The average Bonchev–Trinajstić information content (AvgIpc) is 2.29. The number of ether oxygens (including phenoxy) is 1. The molecule has 0 aliphatic carbocycles. The van der Waals surface area contributed by atoms with Crippen LogP contribution in [0, 0.1) is 0 Å². The highest BCUT2D eigenvalue weighted by atomic mass is 35.5. The van der Waals surface area contributed by atoms with Crippen LogP contribution in [0.15, 0.2) is 24.3 Å². The fourth-order valence-electron chi connectivity index (χ4n) is 1.43. The van der Waals surface area contributed by atoms with E-state index in [2.05, 4.69) is 0 Å². The van der Waals surface area contributed by atoms with E-state index in [4.69, 9.17) is 16.3 Å². The van der Waals surface area contributed by atoms with Crippen molar-refractivity contribution in [1.29, 1.82) is 0 Å². The van der Waals surface area contributed by atoms with Crippen molar-refractivity contribution in [3.8, 4) is 0 Å². The summed E-state index contributed by atoms with van der Waals surface area (Å²) in [6, 6.07) is 6.81. The van der Waals surface area contributed by atoms with Crippen LogP contribution in [0.5, 0.6) is 0 Å². The van der Waals surface area contributed by atoms with E-state index >= 15 is 0 Å². The van der Waals surface area contributed by atoms with Gasteiger partial charge < -0.3 is 4.74 Å². The topological polar surface area (TPSA) is 43.4 Å². The minimum absolute atomic E-state index is 0.00296. The molecule has 1 aromatic carbocycles. The number of ketones is 1. The van der Waals surface area contributed by atoms with Gasteiger partial charge in [0.15, 0.2) is 5.78 Å². The number of halogens is 1. The summed E-state index contributed by atoms with van der Waals surface area (Å²) >= 11 is 5.79. The van der Waals surface area contributed by atoms with E-state index in [0.717, 1.165) is 0 Å². The van der Waals surface area contributed by atoms with Crippen LogP contribution in [0.3, 0.4) is 0 Å². The number of Topliss-reactive ketones (excluding diaryl/α,β-unsaturated/α-hetero) is 1. The Morgan fingerprint density at radius 3 is 2.71 bits per heavy atom. The Morgan fingerprint density at radius 2 is 2.06 bits per heavy atom. The van der Waals surface area contributed by atoms with E-state index in [1.165, 1.54) is 0 Å². The Morgan fingerprint density at radius 1 is 1.29 bits per heavy atom. The second kappa shape index (κ2) is 7.07. The van der Waals surface area contributed by atoms with Gasteiger partial charge in [0.05, 0.1) is 6.61 Å². The molecule has 0 radical (unpaired) electrons. The van der Waals surface area contributed by atoms with Crippen molar-refractivity contribution in [2.45, 2.75) is 26.2 Å². The third-order valence-electron chi connectivity index (χ3n) is 2.24. The predicted octanol–water partition coefficient (Wildman–Crippen LogP) is 3.26. The second-order valence-electron chi connectivity index (χ2n) is 3.59. The summed E-state index contributed by atoms with van der Waals surface area (Å²) in [6.45, 7) is 2.14. The van der Waals surface area contributed by atoms with Crippen LogP contribution in [-0.4, -0.2) is 18.4 Å². The molecule has 0 aliphatic rings. The highest BCUT2D eigenvalue weighted by molar-refractivity contribution is 6.31. The minimum Gasteiger partial charge on any atom is -0.466 e. The molecule has 0 aliphatic heterocycles. The number of hydrogen-bond donors (Lipinski definition) is 0. The number of carbonyl (C=O) groups is 2. The van der Waals surface area contributed by atoms with E-state index < -0.39 is 0 Å². The molecule has 0 saturated carbocycles. The number of carbonyl (C=O) groups excluding carboxylic acids is 2. The van der Waals surface area contributed by atoms with Gasteiger partial charge in [0, 0.05) is 23.4 Å². The number of benzene rings is 1. The molecule has 0 spiro atoms. The van der Waals surface area contributed by atoms with E-state index in [9.17, 15) is 9.59 Å². The zero-order chi connectivity index (χ0) is 12.7. The standard InChI is InChI=1S/C13H15ClO3/c1-2-17-13(16)8-4-7-12(15)10-5-3-6-11(14)9-10/h3,5-6,9H,2,4,7-8H2,1H3. The molecule has 3 nitrogen and oxygen atoms in total. The van der Waals surface area contributed by atoms with Crippen LogP contribution in [0.25, 0.3) is 0 Å². The molecule has 17 heavy (non-hydrogen) atoms. The highest BCUT2D eigenvalue weighted by Crippen LogP contribution is 2.13. The monoisotopic (exact) mass is 254 g/mol. The number of rotatable bonds is 6. The van der Waals surface area contributed by atoms with Gasteiger partial charge in [-0.05, 0) is 25.5 Å². The molecule has 0 saturated heterocycles. The summed E-state index contributed by atoms with van der Waals surface area (Å²) in [4.78, 5) is 22.8. The summed E-state index contributed by atoms with van der Waals surface area (Å²) in [5, 5.41) is 0.543. The first kappa shape index (κ1) is 13.7. The molecule has 0 bridgehead atoms. The lowest BCUT2D eigenvalue weighted by atomic mass is 10.1. The lowest BCUT2D eigenvalue weighted by Crippen LogP contribution is -2.05. The van der Waals surface area contributed by atoms with E-state index in [1.54, 1.807) is 31.2 Å². The molecular weight excluding hydrogens is 240 g/mol. The molecule has 0 aromatic heterocycles. The quantitative estimate of drug-likeness (QED) is 0.578. The largest absolute Gasteiger partial charge is 0.466 e. The summed E-state index contributed by atoms with van der Waals surface area (Å²) in [5.74, 6) is -0.261. The molecule has 0 atom stereocenters. The van der Waals surface area contributed by atoms with Crippen LogP contribution >= 0.6 is 11.6 Å². The van der Waals surface area contributed by atoms with E-state index in [-0.39, 0.29) is 18.2 Å². The summed E-state index contributed by atoms with van der Waals surface area (Å²) < 4.78 is 4.78. The van der Waals surface area contributed by atoms with Crippen LogP contribution in [0.2, 0.25) is 5.02 Å². The normalized spacial score (nSPS) is 10.0. The number of esters is 1. The molecule has 1 rings (SSSR count). The van der Waals surface area contributed by atoms with Gasteiger partial charge in [-0.3, -0.25) is 9.59 Å². The third kappa shape index (κ3) is 5.00. The Bertz CT molecular complexity index is 401. The molecule has 1 aromatic rings. The third-order valence-corrected chi connectivity index (χ3v) is 2.47. The van der Waals surface area contributed by atoms with Crippen molar-refractivity contribution in [1.82, 2.24) is 0 Å². The van der Waals surface area contributed by atoms with Crippen LogP contribution in [0.1, 0.15) is 36.5 Å². The highest BCUT2D eigenvalue weighted by Gasteiger charge is 2.08. The van der Waals surface area contributed by atoms with Gasteiger partial charge in [-0.1, -0.05) is 23.7 Å². The second-order valence-corrected chi connectivity index (χ2v) is 4.03. The van der Waals surface area contributed by atoms with Crippen molar-refractivity contribution in [3.63, 3.8) is 0 Å². The molecule has 92 valence electrons. The van der Waals surface area contributed by atoms with Gasteiger partial charge in [-0.25, -0.2) is 0 Å². The Labute approximate surface area is 106 Å². The minimum atomic E-state index is -0.258. The van der Waals surface area contributed by atoms with Crippen molar-refractivity contribution >= 4 is 23.4 Å². The first-order chi connectivity index (χ1) is 8.13. The zero-order valence-corrected chi connectivity index (χ0v) is 10.5. The van der Waals surface area contributed by atoms with Crippen LogP contribution in [-0.2, 0) is 9.53 Å². The summed E-state index contributed by atoms with van der Waals surface area (Å²) in [5.41, 5.74) is 0.585. The lowest BCUT2D eigenvalue weighted by Gasteiger charge is -2.02. The molecule has 0 fully saturated rings. The van der Waals surface area contributed by atoms with Crippen molar-refractivity contribution < 1.29 is 14.3 Å². The van der Waals surface area contributed by atoms with Gasteiger partial charge in [-0.15, -0.1) is 0 Å². The van der Waals surface area contributed by atoms with Crippen LogP contribution < -0.4 is 0 Å². The fourth-order valence-corrected chi connectivity index (χ4v) is 1.62. The first-order valence-electron chi connectivity index (χ1n) is 5.58. The zero-order valence-electron chi connectivity index (χ0n) is 9.74. The Balaban J connectivity index is 2.38. The average molecular weight is 255 g/mol. The van der Waals surface area contributed by atoms with Gasteiger partial charge >= 0.3 is 5.97 Å². The van der Waals surface area contributed by atoms with Crippen molar-refractivity contribution in [3.05, 3.63) is 34.9 Å². The molecule has 4 heteroatoms. The lowest BCUT2D eigenvalue weighted by molar-refractivity contribution is -0.143. The van der Waals surface area contributed by atoms with Crippen LogP contribution in [0.4, 0.5) is 0 Å². The van der Waals surface area contributed by atoms with E-state index in [1.807, 2.05) is 0 Å². The van der Waals surface area contributed by atoms with Gasteiger partial charge in [0.1, 0.15) is 0 Å². The Hall–Kier alpha value is -1.35. The molecule has 0 amide bonds. The maximum atomic E-state index is 11.7. The molecule has 0 unspecified atom stereocenters. The van der Waals surface area contributed by atoms with Crippen molar-refractivity contribution in [2.75, 3.05) is 6.61 Å². The summed E-state index contributed by atoms with van der Waals surface area (Å²) in [6.07, 6.45) is 1.11. The Kier molecular flexibility index (Phi) is 5.70. The molecular formula is C13H15ClO3. The SMILES string of the molecule is CCOC(=O)CCCC(=O)c1cccc(Cl)c1. The maximum Gasteiger partial charge on any atom is 0.305 e. The predicted molar refractivity (Wildman–Crippen MR) is 66.3 cm³/mol. The van der Waals surface area contributed by atoms with E-state index in [0.29, 0.717) is 30.0 Å². The smallest absolute Gasteiger partial charge is 0.305 e. The number of hydrogen-bond acceptors (Lipinski definition) is 3. The fraction of sp³-hybridized carbons (Fsp3) is 0.385. The van der Waals surface area contributed by atoms with Gasteiger partial charge in [-0.2, -0.15) is 0 Å².